The van der Waals surface area contributed by atoms with E-state index in [1.807, 2.05) is 41.1 Å². The Morgan fingerprint density at radius 1 is 1.10 bits per heavy atom. The van der Waals surface area contributed by atoms with Crippen molar-refractivity contribution < 1.29 is 0 Å². The smallest absolute Gasteiger partial charge is 0.0894 e. The highest BCUT2D eigenvalue weighted by atomic mass is 35.5. The lowest BCUT2D eigenvalue weighted by molar-refractivity contribution is 0.671. The SMILES string of the molecule is CCn1nc(CNc2ccccc2Cl)c2ccccc21. The molecule has 3 nitrogen and oxygen atoms in total. The van der Waals surface area contributed by atoms with Crippen LogP contribution in [0.3, 0.4) is 0 Å². The van der Waals surface area contributed by atoms with Crippen LogP contribution < -0.4 is 5.32 Å². The molecule has 0 atom stereocenters. The number of hydrogen-bond donors (Lipinski definition) is 1. The molecule has 3 aromatic rings. The fourth-order valence-electron chi connectivity index (χ4n) is 2.35. The largest absolute Gasteiger partial charge is 0.378 e. The summed E-state index contributed by atoms with van der Waals surface area (Å²) >= 11 is 6.15. The van der Waals surface area contributed by atoms with Crippen molar-refractivity contribution >= 4 is 28.2 Å². The van der Waals surface area contributed by atoms with Crippen LogP contribution in [0.5, 0.6) is 0 Å². The number of hydrogen-bond acceptors (Lipinski definition) is 2. The maximum atomic E-state index is 6.15. The molecule has 1 N–H and O–H groups in total. The molecule has 0 radical (unpaired) electrons. The Balaban J connectivity index is 1.90. The van der Waals surface area contributed by atoms with Crippen molar-refractivity contribution in [3.8, 4) is 0 Å². The molecule has 0 amide bonds. The van der Waals surface area contributed by atoms with Crippen molar-refractivity contribution in [1.82, 2.24) is 9.78 Å². The molecule has 102 valence electrons. The second kappa shape index (κ2) is 5.55. The van der Waals surface area contributed by atoms with Crippen molar-refractivity contribution in [2.24, 2.45) is 0 Å². The average molecular weight is 286 g/mol. The van der Waals surface area contributed by atoms with E-state index in [1.54, 1.807) is 0 Å². The number of rotatable bonds is 4. The summed E-state index contributed by atoms with van der Waals surface area (Å²) in [5.41, 5.74) is 3.15. The van der Waals surface area contributed by atoms with E-state index in [0.717, 1.165) is 22.9 Å². The van der Waals surface area contributed by atoms with Crippen LogP contribution in [0, 0.1) is 0 Å². The van der Waals surface area contributed by atoms with Gasteiger partial charge in [-0.15, -0.1) is 0 Å². The van der Waals surface area contributed by atoms with Gasteiger partial charge in [0.15, 0.2) is 0 Å². The summed E-state index contributed by atoms with van der Waals surface area (Å²) < 4.78 is 2.03. The molecule has 0 bridgehead atoms. The van der Waals surface area contributed by atoms with Gasteiger partial charge < -0.3 is 5.32 Å². The molecule has 0 aliphatic carbocycles. The van der Waals surface area contributed by atoms with Gasteiger partial charge in [-0.3, -0.25) is 4.68 Å². The number of fused-ring (bicyclic) bond motifs is 1. The molecule has 0 aliphatic heterocycles. The van der Waals surface area contributed by atoms with E-state index in [1.165, 1.54) is 10.9 Å². The minimum absolute atomic E-state index is 0.664. The van der Waals surface area contributed by atoms with Gasteiger partial charge in [-0.1, -0.05) is 41.9 Å². The van der Waals surface area contributed by atoms with E-state index < -0.39 is 0 Å². The summed E-state index contributed by atoms with van der Waals surface area (Å²) in [4.78, 5) is 0. The van der Waals surface area contributed by atoms with E-state index >= 15 is 0 Å². The Kier molecular flexibility index (Phi) is 3.61. The number of aromatic nitrogens is 2. The van der Waals surface area contributed by atoms with Crippen molar-refractivity contribution in [3.05, 3.63) is 59.2 Å². The summed E-state index contributed by atoms with van der Waals surface area (Å²) in [6, 6.07) is 16.0. The monoisotopic (exact) mass is 285 g/mol. The minimum Gasteiger partial charge on any atom is -0.378 e. The van der Waals surface area contributed by atoms with Crippen molar-refractivity contribution in [2.45, 2.75) is 20.0 Å². The average Bonchev–Trinajstić information content (AvgIpc) is 2.85. The summed E-state index contributed by atoms with van der Waals surface area (Å²) in [7, 11) is 0. The maximum absolute atomic E-state index is 6.15. The van der Waals surface area contributed by atoms with Crippen molar-refractivity contribution in [3.63, 3.8) is 0 Å². The van der Waals surface area contributed by atoms with Gasteiger partial charge in [0, 0.05) is 11.9 Å². The van der Waals surface area contributed by atoms with Gasteiger partial charge in [-0.2, -0.15) is 5.10 Å². The van der Waals surface area contributed by atoms with Gasteiger partial charge in [0.1, 0.15) is 0 Å². The van der Waals surface area contributed by atoms with E-state index in [4.69, 9.17) is 11.6 Å². The van der Waals surface area contributed by atoms with Crippen LogP contribution in [0.25, 0.3) is 10.9 Å². The zero-order chi connectivity index (χ0) is 13.9. The topological polar surface area (TPSA) is 29.9 Å². The van der Waals surface area contributed by atoms with Crippen LogP contribution in [0.4, 0.5) is 5.69 Å². The molecule has 4 heteroatoms. The van der Waals surface area contributed by atoms with Crippen LogP contribution in [0.2, 0.25) is 5.02 Å². The summed E-state index contributed by atoms with van der Waals surface area (Å²) in [6.45, 7) is 3.63. The molecule has 0 unspecified atom stereocenters. The molecule has 0 spiro atoms. The van der Waals surface area contributed by atoms with Crippen LogP contribution in [-0.4, -0.2) is 9.78 Å². The highest BCUT2D eigenvalue weighted by Gasteiger charge is 2.09. The Labute approximate surface area is 123 Å². The zero-order valence-electron chi connectivity index (χ0n) is 11.3. The number of aryl methyl sites for hydroxylation is 1. The molecule has 0 aliphatic rings. The fraction of sp³-hybridized carbons (Fsp3) is 0.188. The first-order valence-electron chi connectivity index (χ1n) is 6.72. The predicted octanol–water partition coefficient (Wildman–Crippen LogP) is 4.32. The standard InChI is InChI=1S/C16H16ClN3/c1-2-20-16-10-6-3-7-12(16)15(19-20)11-18-14-9-5-4-8-13(14)17/h3-10,18H,2,11H2,1H3. The zero-order valence-corrected chi connectivity index (χ0v) is 12.1. The third kappa shape index (κ3) is 2.37. The van der Waals surface area contributed by atoms with Gasteiger partial charge in [-0.05, 0) is 25.1 Å². The highest BCUT2D eigenvalue weighted by molar-refractivity contribution is 6.33. The Morgan fingerprint density at radius 3 is 2.65 bits per heavy atom. The molecule has 1 heterocycles. The van der Waals surface area contributed by atoms with E-state index in [0.29, 0.717) is 6.54 Å². The lowest BCUT2D eigenvalue weighted by atomic mass is 10.2. The molecule has 3 rings (SSSR count). The molecule has 0 fully saturated rings. The lowest BCUT2D eigenvalue weighted by Gasteiger charge is -2.06. The van der Waals surface area contributed by atoms with Gasteiger partial charge in [0.25, 0.3) is 0 Å². The van der Waals surface area contributed by atoms with Crippen LogP contribution in [0.15, 0.2) is 48.5 Å². The highest BCUT2D eigenvalue weighted by Crippen LogP contribution is 2.23. The summed E-state index contributed by atoms with van der Waals surface area (Å²) in [6.07, 6.45) is 0. The Hall–Kier alpha value is -2.00. The summed E-state index contributed by atoms with van der Waals surface area (Å²) in [5.74, 6) is 0. The Bertz CT molecular complexity index is 733. The molecule has 0 saturated heterocycles. The second-order valence-corrected chi connectivity index (χ2v) is 5.02. The predicted molar refractivity (Wildman–Crippen MR) is 84.2 cm³/mol. The van der Waals surface area contributed by atoms with Crippen molar-refractivity contribution in [1.29, 1.82) is 0 Å². The number of halogens is 1. The van der Waals surface area contributed by atoms with E-state index in [9.17, 15) is 0 Å². The van der Waals surface area contributed by atoms with Crippen LogP contribution >= 0.6 is 11.6 Å². The lowest BCUT2D eigenvalue weighted by Crippen LogP contribution is -2.02. The fourth-order valence-corrected chi connectivity index (χ4v) is 2.55. The second-order valence-electron chi connectivity index (χ2n) is 4.61. The van der Waals surface area contributed by atoms with Crippen LogP contribution in [-0.2, 0) is 13.1 Å². The van der Waals surface area contributed by atoms with E-state index in [2.05, 4.69) is 29.5 Å². The number of nitrogens with one attached hydrogen (secondary N) is 1. The van der Waals surface area contributed by atoms with Gasteiger partial charge in [0.2, 0.25) is 0 Å². The molecule has 1 aromatic heterocycles. The van der Waals surface area contributed by atoms with Gasteiger partial charge in [0.05, 0.1) is 28.5 Å². The Morgan fingerprint density at radius 2 is 1.85 bits per heavy atom. The maximum Gasteiger partial charge on any atom is 0.0894 e. The first kappa shape index (κ1) is 13.0. The van der Waals surface area contributed by atoms with Crippen molar-refractivity contribution in [2.75, 3.05) is 5.32 Å². The third-order valence-corrected chi connectivity index (χ3v) is 3.68. The first-order valence-corrected chi connectivity index (χ1v) is 7.10. The quantitative estimate of drug-likeness (QED) is 0.773. The van der Waals surface area contributed by atoms with E-state index in [-0.39, 0.29) is 0 Å². The van der Waals surface area contributed by atoms with Crippen LogP contribution in [0.1, 0.15) is 12.6 Å². The van der Waals surface area contributed by atoms with Gasteiger partial charge >= 0.3 is 0 Å². The molecule has 0 saturated carbocycles. The number of nitrogens with zero attached hydrogens (tertiary/aromatic N) is 2. The molecule has 2 aromatic carbocycles. The molecule has 20 heavy (non-hydrogen) atoms. The molecular weight excluding hydrogens is 270 g/mol. The number of para-hydroxylation sites is 2. The van der Waals surface area contributed by atoms with Gasteiger partial charge in [-0.25, -0.2) is 0 Å². The number of benzene rings is 2. The minimum atomic E-state index is 0.664. The third-order valence-electron chi connectivity index (χ3n) is 3.35. The molecular formula is C16H16ClN3. The first-order chi connectivity index (χ1) is 9.79. The summed E-state index contributed by atoms with van der Waals surface area (Å²) in [5, 5.41) is 9.93. The number of anilines is 1. The normalized spacial score (nSPS) is 10.9.